The van der Waals surface area contributed by atoms with E-state index < -0.39 is 5.97 Å². The summed E-state index contributed by atoms with van der Waals surface area (Å²) in [4.78, 5) is 36.6. The number of amides is 2. The van der Waals surface area contributed by atoms with Crippen LogP contribution in [0.3, 0.4) is 0 Å². The Kier molecular flexibility index (Phi) is 10.1. The number of fused-ring (bicyclic) bond motifs is 1. The second-order valence-corrected chi connectivity index (χ2v) is 12.5. The Morgan fingerprint density at radius 3 is 2.10 bits per heavy atom. The van der Waals surface area contributed by atoms with Crippen LogP contribution in [-0.4, -0.2) is 35.0 Å². The first kappa shape index (κ1) is 32.9. The third-order valence-electron chi connectivity index (χ3n) is 8.23. The summed E-state index contributed by atoms with van der Waals surface area (Å²) in [6, 6.07) is 30.3. The number of rotatable bonds is 10. The summed E-state index contributed by atoms with van der Waals surface area (Å²) in [6.45, 7) is 0. The summed E-state index contributed by atoms with van der Waals surface area (Å²) in [6.07, 6.45) is 3.46. The zero-order valence-corrected chi connectivity index (χ0v) is 27.3. The van der Waals surface area contributed by atoms with Crippen LogP contribution < -0.4 is 20.1 Å². The molecule has 0 unspecified atom stereocenters. The van der Waals surface area contributed by atoms with Crippen molar-refractivity contribution in [2.75, 3.05) is 5.32 Å². The molecule has 5 aromatic rings. The summed E-state index contributed by atoms with van der Waals surface area (Å²) < 4.78 is 12.4. The SMILES string of the molecule is O=C(Cc1ccc(Oc2ccc3cc(OC4CCC(NC(=O)c5ccc(Cl)c(Cl)c5)CC4)ccc3c2)cc1)Nc1ccccc1C(=O)O. The van der Waals surface area contributed by atoms with Gasteiger partial charge in [-0.15, -0.1) is 0 Å². The molecule has 3 N–H and O–H groups in total. The van der Waals surface area contributed by atoms with Crippen molar-refractivity contribution in [3.8, 4) is 17.2 Å². The van der Waals surface area contributed by atoms with E-state index in [0.717, 1.165) is 47.8 Å². The number of nitrogens with one attached hydrogen (secondary N) is 2. The van der Waals surface area contributed by atoms with Gasteiger partial charge in [0, 0.05) is 11.6 Å². The van der Waals surface area contributed by atoms with Crippen molar-refractivity contribution in [2.24, 2.45) is 0 Å². The van der Waals surface area contributed by atoms with Crippen molar-refractivity contribution < 1.29 is 29.0 Å². The van der Waals surface area contributed by atoms with E-state index in [1.807, 2.05) is 36.4 Å². The molecule has 244 valence electrons. The Morgan fingerprint density at radius 1 is 0.729 bits per heavy atom. The molecule has 0 bridgehead atoms. The van der Waals surface area contributed by atoms with Gasteiger partial charge in [-0.3, -0.25) is 9.59 Å². The average Bonchev–Trinajstić information content (AvgIpc) is 3.08. The smallest absolute Gasteiger partial charge is 0.337 e. The standard InChI is InChI=1S/C38H32Cl2N2O6/c39-33-18-9-26(22-34(33)40)37(44)41-27-10-16-29(17-11-27)48-31-15-8-24-20-30(14-7-25(24)21-31)47-28-12-5-23(6-13-28)19-36(43)42-35-4-2-1-3-32(35)38(45)46/h1-9,12-15,18,20-22,27,29H,10-11,16-17,19H2,(H,41,44)(H,42,43)(H,45,46). The fraction of sp³-hybridized carbons (Fsp3) is 0.184. The molecule has 0 radical (unpaired) electrons. The zero-order valence-electron chi connectivity index (χ0n) is 25.7. The van der Waals surface area contributed by atoms with E-state index in [2.05, 4.69) is 10.6 Å². The second kappa shape index (κ2) is 14.8. The number of ether oxygens (including phenoxy) is 2. The lowest BCUT2D eigenvalue weighted by molar-refractivity contribution is -0.115. The van der Waals surface area contributed by atoms with Crippen LogP contribution in [0.5, 0.6) is 17.2 Å². The van der Waals surface area contributed by atoms with Crippen LogP contribution in [0.15, 0.2) is 103 Å². The molecule has 48 heavy (non-hydrogen) atoms. The van der Waals surface area contributed by atoms with Gasteiger partial charge in [-0.2, -0.15) is 0 Å². The summed E-state index contributed by atoms with van der Waals surface area (Å²) in [5.74, 6) is 0.524. The van der Waals surface area contributed by atoms with E-state index in [9.17, 15) is 19.5 Å². The molecule has 2 amide bonds. The topological polar surface area (TPSA) is 114 Å². The minimum absolute atomic E-state index is 0.0397. The molecule has 6 rings (SSSR count). The molecule has 1 aliphatic rings. The predicted octanol–water partition coefficient (Wildman–Crippen LogP) is 8.94. The first-order valence-corrected chi connectivity index (χ1v) is 16.3. The number of halogens is 2. The number of para-hydroxylation sites is 1. The maximum atomic E-state index is 12.6. The maximum absolute atomic E-state index is 12.6. The van der Waals surface area contributed by atoms with Gasteiger partial charge >= 0.3 is 5.97 Å². The number of carboxylic acid groups (broad SMARTS) is 1. The minimum atomic E-state index is -1.10. The summed E-state index contributed by atoms with van der Waals surface area (Å²) in [5, 5.41) is 17.9. The number of benzene rings is 5. The van der Waals surface area contributed by atoms with Crippen LogP contribution in [0.4, 0.5) is 5.69 Å². The lowest BCUT2D eigenvalue weighted by atomic mass is 9.92. The van der Waals surface area contributed by atoms with Crippen molar-refractivity contribution in [3.05, 3.63) is 130 Å². The van der Waals surface area contributed by atoms with E-state index in [-0.39, 0.29) is 41.6 Å². The second-order valence-electron chi connectivity index (χ2n) is 11.7. The van der Waals surface area contributed by atoms with Crippen LogP contribution in [0, 0.1) is 0 Å². The first-order chi connectivity index (χ1) is 23.2. The maximum Gasteiger partial charge on any atom is 0.337 e. The van der Waals surface area contributed by atoms with Crippen molar-refractivity contribution in [1.82, 2.24) is 5.32 Å². The van der Waals surface area contributed by atoms with Gasteiger partial charge in [0.25, 0.3) is 5.91 Å². The molecule has 5 aromatic carbocycles. The molecular formula is C38H32Cl2N2O6. The summed E-state index contributed by atoms with van der Waals surface area (Å²) in [5.41, 5.74) is 1.56. The lowest BCUT2D eigenvalue weighted by Crippen LogP contribution is -2.39. The minimum Gasteiger partial charge on any atom is -0.490 e. The molecule has 1 fully saturated rings. The molecule has 1 aliphatic carbocycles. The van der Waals surface area contributed by atoms with Gasteiger partial charge in [0.2, 0.25) is 5.91 Å². The van der Waals surface area contributed by atoms with E-state index in [4.69, 9.17) is 32.7 Å². The molecule has 0 aliphatic heterocycles. The monoisotopic (exact) mass is 682 g/mol. The van der Waals surface area contributed by atoms with Crippen molar-refractivity contribution in [3.63, 3.8) is 0 Å². The number of carbonyl (C=O) groups excluding carboxylic acids is 2. The van der Waals surface area contributed by atoms with Gasteiger partial charge in [0.05, 0.1) is 33.8 Å². The van der Waals surface area contributed by atoms with Gasteiger partial charge in [-0.1, -0.05) is 59.6 Å². The summed E-state index contributed by atoms with van der Waals surface area (Å²) in [7, 11) is 0. The number of hydrogen-bond acceptors (Lipinski definition) is 5. The van der Waals surface area contributed by atoms with E-state index in [1.165, 1.54) is 6.07 Å². The van der Waals surface area contributed by atoms with Crippen LogP contribution in [0.1, 0.15) is 52.0 Å². The van der Waals surface area contributed by atoms with Crippen LogP contribution in [0.2, 0.25) is 10.0 Å². The number of carbonyl (C=O) groups is 3. The van der Waals surface area contributed by atoms with Gasteiger partial charge in [0.15, 0.2) is 0 Å². The van der Waals surface area contributed by atoms with Crippen LogP contribution in [0.25, 0.3) is 10.8 Å². The largest absolute Gasteiger partial charge is 0.490 e. The Labute approximate surface area is 287 Å². The number of carboxylic acids is 1. The predicted molar refractivity (Wildman–Crippen MR) is 187 cm³/mol. The van der Waals surface area contributed by atoms with E-state index in [1.54, 1.807) is 60.7 Å². The number of anilines is 1. The Bertz CT molecular complexity index is 1970. The van der Waals surface area contributed by atoms with Gasteiger partial charge in [-0.05, 0) is 109 Å². The molecule has 0 heterocycles. The van der Waals surface area contributed by atoms with Crippen molar-refractivity contribution in [2.45, 2.75) is 44.2 Å². The van der Waals surface area contributed by atoms with Crippen molar-refractivity contribution in [1.29, 1.82) is 0 Å². The fourth-order valence-corrected chi connectivity index (χ4v) is 6.03. The molecule has 10 heteroatoms. The average molecular weight is 684 g/mol. The highest BCUT2D eigenvalue weighted by Crippen LogP contribution is 2.31. The molecule has 0 aromatic heterocycles. The van der Waals surface area contributed by atoms with Gasteiger partial charge in [0.1, 0.15) is 17.2 Å². The lowest BCUT2D eigenvalue weighted by Gasteiger charge is -2.29. The molecule has 0 saturated heterocycles. The third-order valence-corrected chi connectivity index (χ3v) is 8.97. The Balaban J connectivity index is 0.989. The Morgan fingerprint density at radius 2 is 1.40 bits per heavy atom. The molecule has 8 nitrogen and oxygen atoms in total. The van der Waals surface area contributed by atoms with Gasteiger partial charge < -0.3 is 25.2 Å². The quantitative estimate of drug-likeness (QED) is 0.136. The van der Waals surface area contributed by atoms with Crippen LogP contribution >= 0.6 is 23.2 Å². The highest BCUT2D eigenvalue weighted by Gasteiger charge is 2.24. The highest BCUT2D eigenvalue weighted by molar-refractivity contribution is 6.42. The molecule has 0 spiro atoms. The fourth-order valence-electron chi connectivity index (χ4n) is 5.73. The normalized spacial score (nSPS) is 15.8. The molecular weight excluding hydrogens is 651 g/mol. The van der Waals surface area contributed by atoms with Gasteiger partial charge in [-0.25, -0.2) is 4.79 Å². The summed E-state index contributed by atoms with van der Waals surface area (Å²) >= 11 is 12.0. The molecule has 1 saturated carbocycles. The zero-order chi connectivity index (χ0) is 33.6. The van der Waals surface area contributed by atoms with E-state index in [0.29, 0.717) is 27.1 Å². The molecule has 0 atom stereocenters. The van der Waals surface area contributed by atoms with E-state index >= 15 is 0 Å². The third kappa shape index (κ3) is 8.26. The van der Waals surface area contributed by atoms with Crippen LogP contribution in [-0.2, 0) is 11.2 Å². The number of hydrogen-bond donors (Lipinski definition) is 3. The first-order valence-electron chi connectivity index (χ1n) is 15.6. The van der Waals surface area contributed by atoms with Crippen molar-refractivity contribution >= 4 is 57.4 Å². The highest BCUT2D eigenvalue weighted by atomic mass is 35.5. The number of aromatic carboxylic acids is 1. The Hall–Kier alpha value is -5.05.